The number of amides is 2. The van der Waals surface area contributed by atoms with Crippen LogP contribution in [0.1, 0.15) is 27.8 Å². The summed E-state index contributed by atoms with van der Waals surface area (Å²) in [6.45, 7) is 6.03. The highest BCUT2D eigenvalue weighted by atomic mass is 35.5. The minimum absolute atomic E-state index is 0.107. The van der Waals surface area contributed by atoms with Crippen molar-refractivity contribution in [1.82, 2.24) is 4.90 Å². The van der Waals surface area contributed by atoms with Gasteiger partial charge in [0, 0.05) is 16.3 Å². The van der Waals surface area contributed by atoms with Crippen molar-refractivity contribution in [3.63, 3.8) is 0 Å². The average molecular weight is 461 g/mol. The predicted octanol–water partition coefficient (Wildman–Crippen LogP) is 5.67. The summed E-state index contributed by atoms with van der Waals surface area (Å²) in [4.78, 5) is 28.4. The molecule has 5 nitrogen and oxygen atoms in total. The van der Waals surface area contributed by atoms with E-state index >= 15 is 0 Å². The minimum Gasteiger partial charge on any atom is -0.496 e. The molecular formula is C27H25ClN2O3. The Morgan fingerprint density at radius 1 is 0.879 bits per heavy atom. The van der Waals surface area contributed by atoms with E-state index in [1.54, 1.807) is 19.2 Å². The van der Waals surface area contributed by atoms with Crippen molar-refractivity contribution in [2.75, 3.05) is 12.4 Å². The van der Waals surface area contributed by atoms with Crippen LogP contribution in [-0.4, -0.2) is 23.8 Å². The first-order valence-corrected chi connectivity index (χ1v) is 11.0. The molecule has 3 aromatic carbocycles. The summed E-state index contributed by atoms with van der Waals surface area (Å²) in [5, 5.41) is 3.75. The molecule has 1 aliphatic heterocycles. The first-order valence-electron chi connectivity index (χ1n) is 10.6. The lowest BCUT2D eigenvalue weighted by Gasteiger charge is -2.17. The van der Waals surface area contributed by atoms with Crippen LogP contribution in [0.5, 0.6) is 5.75 Å². The Morgan fingerprint density at radius 3 is 2.33 bits per heavy atom. The van der Waals surface area contributed by atoms with Crippen molar-refractivity contribution < 1.29 is 14.3 Å². The number of imide groups is 1. The van der Waals surface area contributed by atoms with Gasteiger partial charge >= 0.3 is 0 Å². The number of carbonyl (C=O) groups is 2. The largest absolute Gasteiger partial charge is 0.496 e. The van der Waals surface area contributed by atoms with Crippen LogP contribution in [0.3, 0.4) is 0 Å². The second-order valence-corrected chi connectivity index (χ2v) is 8.58. The van der Waals surface area contributed by atoms with Gasteiger partial charge in [0.2, 0.25) is 0 Å². The van der Waals surface area contributed by atoms with Crippen LogP contribution >= 0.6 is 11.6 Å². The van der Waals surface area contributed by atoms with Crippen LogP contribution in [0.4, 0.5) is 5.69 Å². The number of methoxy groups -OCH3 is 1. The quantitative estimate of drug-likeness (QED) is 0.482. The van der Waals surface area contributed by atoms with E-state index in [1.807, 2.05) is 69.3 Å². The molecule has 3 aromatic rings. The van der Waals surface area contributed by atoms with Gasteiger partial charge in [0.1, 0.15) is 11.4 Å². The highest BCUT2D eigenvalue weighted by Crippen LogP contribution is 2.34. The number of carbonyl (C=O) groups excluding carboxylic acids is 2. The zero-order valence-electron chi connectivity index (χ0n) is 19.0. The molecule has 1 N–H and O–H groups in total. The summed E-state index contributed by atoms with van der Waals surface area (Å²) in [5.41, 5.74) is 5.78. The van der Waals surface area contributed by atoms with Crippen molar-refractivity contribution in [3.05, 3.63) is 99.2 Å². The molecule has 4 rings (SSSR count). The van der Waals surface area contributed by atoms with Gasteiger partial charge in [0.05, 0.1) is 19.2 Å². The number of anilines is 1. The third kappa shape index (κ3) is 4.37. The maximum Gasteiger partial charge on any atom is 0.278 e. The van der Waals surface area contributed by atoms with Crippen LogP contribution in [0.15, 0.2) is 66.4 Å². The van der Waals surface area contributed by atoms with Gasteiger partial charge in [-0.05, 0) is 61.2 Å². The second-order valence-electron chi connectivity index (χ2n) is 8.14. The molecule has 0 spiro atoms. The maximum atomic E-state index is 13.6. The highest BCUT2D eigenvalue weighted by molar-refractivity contribution is 6.36. The van der Waals surface area contributed by atoms with E-state index in [0.717, 1.165) is 22.3 Å². The number of hydrogen-bond donors (Lipinski definition) is 1. The zero-order chi connectivity index (χ0) is 23.7. The molecule has 0 aliphatic carbocycles. The predicted molar refractivity (Wildman–Crippen MR) is 131 cm³/mol. The summed E-state index contributed by atoms with van der Waals surface area (Å²) in [5.74, 6) is -0.118. The van der Waals surface area contributed by atoms with Crippen LogP contribution in [0.25, 0.3) is 5.57 Å². The van der Waals surface area contributed by atoms with Crippen molar-refractivity contribution in [3.8, 4) is 5.75 Å². The lowest BCUT2D eigenvalue weighted by Crippen LogP contribution is -2.32. The Balaban J connectivity index is 1.80. The molecule has 33 heavy (non-hydrogen) atoms. The van der Waals surface area contributed by atoms with Crippen molar-refractivity contribution in [1.29, 1.82) is 0 Å². The molecule has 0 fully saturated rings. The SMILES string of the molecule is COc1ccccc1CN1C(=O)C(Nc2cc(Cl)ccc2C)=C(c2ccc(C)c(C)c2)C1=O. The maximum absolute atomic E-state index is 13.6. The lowest BCUT2D eigenvalue weighted by atomic mass is 9.99. The number of halogens is 1. The first-order chi connectivity index (χ1) is 15.8. The van der Waals surface area contributed by atoms with Crippen molar-refractivity contribution >= 4 is 34.7 Å². The monoisotopic (exact) mass is 460 g/mol. The van der Waals surface area contributed by atoms with Gasteiger partial charge in [-0.3, -0.25) is 14.5 Å². The van der Waals surface area contributed by atoms with Gasteiger partial charge in [-0.25, -0.2) is 0 Å². The lowest BCUT2D eigenvalue weighted by molar-refractivity contribution is -0.137. The van der Waals surface area contributed by atoms with Crippen molar-refractivity contribution in [2.24, 2.45) is 0 Å². The first kappa shape index (κ1) is 22.6. The standard InChI is InChI=1S/C27H25ClN2O3/c1-16-9-11-19(13-18(16)3)24-25(29-22-14-21(28)12-10-17(22)2)27(32)30(26(24)31)15-20-7-5-6-8-23(20)33-4/h5-14,29H,15H2,1-4H3. The van der Waals surface area contributed by atoms with Gasteiger partial charge in [-0.2, -0.15) is 0 Å². The van der Waals surface area contributed by atoms with Gasteiger partial charge in [0.15, 0.2) is 0 Å². The molecular weight excluding hydrogens is 436 g/mol. The Labute approximate surface area is 198 Å². The number of benzene rings is 3. The molecule has 0 aromatic heterocycles. The molecule has 0 saturated carbocycles. The molecule has 0 radical (unpaired) electrons. The average Bonchev–Trinajstić information content (AvgIpc) is 3.02. The summed E-state index contributed by atoms with van der Waals surface area (Å²) in [6, 6.07) is 18.6. The molecule has 0 bridgehead atoms. The summed E-state index contributed by atoms with van der Waals surface area (Å²) >= 11 is 6.20. The molecule has 0 atom stereocenters. The zero-order valence-corrected chi connectivity index (χ0v) is 19.8. The van der Waals surface area contributed by atoms with E-state index in [9.17, 15) is 9.59 Å². The van der Waals surface area contributed by atoms with Gasteiger partial charge in [-0.1, -0.05) is 54.1 Å². The van der Waals surface area contributed by atoms with E-state index < -0.39 is 5.91 Å². The van der Waals surface area contributed by atoms with E-state index in [2.05, 4.69) is 5.32 Å². The van der Waals surface area contributed by atoms with E-state index in [0.29, 0.717) is 27.6 Å². The van der Waals surface area contributed by atoms with Crippen LogP contribution in [0, 0.1) is 20.8 Å². The van der Waals surface area contributed by atoms with Gasteiger partial charge in [0.25, 0.3) is 11.8 Å². The van der Waals surface area contributed by atoms with Crippen molar-refractivity contribution in [2.45, 2.75) is 27.3 Å². The third-order valence-electron chi connectivity index (χ3n) is 5.94. The number of ether oxygens (including phenoxy) is 1. The molecule has 1 heterocycles. The number of aryl methyl sites for hydroxylation is 3. The number of nitrogens with one attached hydrogen (secondary N) is 1. The van der Waals surface area contributed by atoms with E-state index in [4.69, 9.17) is 16.3 Å². The second kappa shape index (κ2) is 9.12. The van der Waals surface area contributed by atoms with Crippen LogP contribution < -0.4 is 10.1 Å². The number of rotatable bonds is 6. The summed E-state index contributed by atoms with van der Waals surface area (Å²) < 4.78 is 5.42. The van der Waals surface area contributed by atoms with Crippen LogP contribution in [-0.2, 0) is 16.1 Å². The van der Waals surface area contributed by atoms with E-state index in [1.165, 1.54) is 4.90 Å². The number of hydrogen-bond acceptors (Lipinski definition) is 4. The highest BCUT2D eigenvalue weighted by Gasteiger charge is 2.39. The Morgan fingerprint density at radius 2 is 1.61 bits per heavy atom. The fourth-order valence-electron chi connectivity index (χ4n) is 3.87. The topological polar surface area (TPSA) is 58.6 Å². The molecule has 1 aliphatic rings. The summed E-state index contributed by atoms with van der Waals surface area (Å²) in [7, 11) is 1.57. The molecule has 2 amide bonds. The van der Waals surface area contributed by atoms with Gasteiger partial charge < -0.3 is 10.1 Å². The van der Waals surface area contributed by atoms with E-state index in [-0.39, 0.29) is 18.1 Å². The molecule has 6 heteroatoms. The fourth-order valence-corrected chi connectivity index (χ4v) is 4.04. The Bertz CT molecular complexity index is 1300. The van der Waals surface area contributed by atoms with Crippen LogP contribution in [0.2, 0.25) is 5.02 Å². The summed E-state index contributed by atoms with van der Waals surface area (Å²) in [6.07, 6.45) is 0. The normalized spacial score (nSPS) is 13.7. The fraction of sp³-hybridized carbons (Fsp3) is 0.185. The molecule has 0 unspecified atom stereocenters. The Hall–Kier alpha value is -3.57. The van der Waals surface area contributed by atoms with Gasteiger partial charge in [-0.15, -0.1) is 0 Å². The number of para-hydroxylation sites is 1. The Kier molecular flexibility index (Phi) is 6.25. The third-order valence-corrected chi connectivity index (χ3v) is 6.18. The number of nitrogens with zero attached hydrogens (tertiary/aromatic N) is 1. The molecule has 168 valence electrons. The smallest absolute Gasteiger partial charge is 0.278 e. The minimum atomic E-state index is -0.390. The molecule has 0 saturated heterocycles.